The van der Waals surface area contributed by atoms with Crippen LogP contribution in [0, 0.1) is 5.92 Å². The van der Waals surface area contributed by atoms with Gasteiger partial charge >= 0.3 is 0 Å². The highest BCUT2D eigenvalue weighted by Crippen LogP contribution is 2.25. The summed E-state index contributed by atoms with van der Waals surface area (Å²) < 4.78 is 0. The minimum absolute atomic E-state index is 0. The number of carbonyl (C=O) groups is 1. The van der Waals surface area contributed by atoms with Gasteiger partial charge in [0.15, 0.2) is 0 Å². The molecule has 0 radical (unpaired) electrons. The predicted octanol–water partition coefficient (Wildman–Crippen LogP) is 4.43. The van der Waals surface area contributed by atoms with Gasteiger partial charge in [-0.25, -0.2) is 0 Å². The second-order valence-electron chi connectivity index (χ2n) is 6.02. The normalized spacial score (nSPS) is 17.4. The van der Waals surface area contributed by atoms with Gasteiger partial charge in [-0.1, -0.05) is 37.8 Å². The molecule has 3 nitrogen and oxygen atoms in total. The number of nitrogens with two attached hydrogens (primary N) is 1. The van der Waals surface area contributed by atoms with E-state index in [1.54, 1.807) is 0 Å². The zero-order valence-electron chi connectivity index (χ0n) is 12.8. The summed E-state index contributed by atoms with van der Waals surface area (Å²) in [4.78, 5) is 12.1. The molecule has 3 N–H and O–H groups in total. The highest BCUT2D eigenvalue weighted by molar-refractivity contribution is 5.90. The summed E-state index contributed by atoms with van der Waals surface area (Å²) >= 11 is 0. The SMILES string of the molecule is CC(N)c1ccc(NC(=O)CC2CCCCCC2)cc1.Cl. The van der Waals surface area contributed by atoms with E-state index in [4.69, 9.17) is 5.73 Å². The summed E-state index contributed by atoms with van der Waals surface area (Å²) in [5.74, 6) is 0.714. The van der Waals surface area contributed by atoms with Crippen LogP contribution in [0.15, 0.2) is 24.3 Å². The van der Waals surface area contributed by atoms with Gasteiger partial charge in [-0.15, -0.1) is 12.4 Å². The average Bonchev–Trinajstić information content (AvgIpc) is 2.68. The Kier molecular flexibility index (Phi) is 7.76. The zero-order valence-corrected chi connectivity index (χ0v) is 13.6. The van der Waals surface area contributed by atoms with E-state index in [1.165, 1.54) is 38.5 Å². The van der Waals surface area contributed by atoms with Crippen LogP contribution < -0.4 is 11.1 Å². The van der Waals surface area contributed by atoms with Crippen LogP contribution in [0.4, 0.5) is 5.69 Å². The van der Waals surface area contributed by atoms with Gasteiger partial charge in [0.25, 0.3) is 0 Å². The minimum Gasteiger partial charge on any atom is -0.326 e. The van der Waals surface area contributed by atoms with Crippen LogP contribution in [0.5, 0.6) is 0 Å². The van der Waals surface area contributed by atoms with Gasteiger partial charge in [-0.3, -0.25) is 4.79 Å². The number of amides is 1. The second-order valence-corrected chi connectivity index (χ2v) is 6.02. The van der Waals surface area contributed by atoms with Crippen LogP contribution in [0.25, 0.3) is 0 Å². The third kappa shape index (κ3) is 6.06. The summed E-state index contributed by atoms with van der Waals surface area (Å²) in [6.07, 6.45) is 8.29. The number of anilines is 1. The molecule has 0 aromatic heterocycles. The molecule has 0 heterocycles. The van der Waals surface area contributed by atoms with Crippen LogP contribution in [-0.4, -0.2) is 5.91 Å². The maximum Gasteiger partial charge on any atom is 0.224 e. The molecule has 1 fully saturated rings. The summed E-state index contributed by atoms with van der Waals surface area (Å²) in [6, 6.07) is 7.86. The third-order valence-electron chi connectivity index (χ3n) is 4.17. The van der Waals surface area contributed by atoms with Gasteiger partial charge in [0.05, 0.1) is 0 Å². The largest absolute Gasteiger partial charge is 0.326 e. The van der Waals surface area contributed by atoms with Gasteiger partial charge in [0.2, 0.25) is 5.91 Å². The van der Waals surface area contributed by atoms with Crippen LogP contribution >= 0.6 is 12.4 Å². The van der Waals surface area contributed by atoms with E-state index in [0.29, 0.717) is 12.3 Å². The van der Waals surface area contributed by atoms with Crippen LogP contribution in [0.1, 0.15) is 63.5 Å². The highest BCUT2D eigenvalue weighted by atomic mass is 35.5. The van der Waals surface area contributed by atoms with Crippen molar-refractivity contribution in [2.75, 3.05) is 5.32 Å². The molecule has 1 amide bonds. The third-order valence-corrected chi connectivity index (χ3v) is 4.17. The fraction of sp³-hybridized carbons (Fsp3) is 0.588. The van der Waals surface area contributed by atoms with Crippen molar-refractivity contribution in [2.45, 2.75) is 57.9 Å². The van der Waals surface area contributed by atoms with E-state index in [-0.39, 0.29) is 24.4 Å². The standard InChI is InChI=1S/C17H26N2O.ClH/c1-13(18)15-8-10-16(11-9-15)19-17(20)12-14-6-4-2-3-5-7-14;/h8-11,13-14H,2-7,12,18H2,1H3,(H,19,20);1H. The van der Waals surface area contributed by atoms with E-state index in [2.05, 4.69) is 5.32 Å². The molecule has 0 bridgehead atoms. The van der Waals surface area contributed by atoms with E-state index < -0.39 is 0 Å². The Morgan fingerprint density at radius 3 is 2.29 bits per heavy atom. The summed E-state index contributed by atoms with van der Waals surface area (Å²) in [5.41, 5.74) is 7.77. The monoisotopic (exact) mass is 310 g/mol. The molecule has 1 aliphatic rings. The second kappa shape index (κ2) is 9.06. The van der Waals surface area contributed by atoms with E-state index in [9.17, 15) is 4.79 Å². The smallest absolute Gasteiger partial charge is 0.224 e. The molecule has 0 aliphatic heterocycles. The summed E-state index contributed by atoms with van der Waals surface area (Å²) in [7, 11) is 0. The Morgan fingerprint density at radius 1 is 1.19 bits per heavy atom. The van der Waals surface area contributed by atoms with Crippen molar-refractivity contribution in [1.29, 1.82) is 0 Å². The average molecular weight is 311 g/mol. The first-order chi connectivity index (χ1) is 9.65. The molecule has 2 rings (SSSR count). The number of benzene rings is 1. The van der Waals surface area contributed by atoms with Crippen LogP contribution in [-0.2, 0) is 4.79 Å². The maximum absolute atomic E-state index is 12.1. The summed E-state index contributed by atoms with van der Waals surface area (Å²) in [5, 5.41) is 3.00. The molecule has 0 spiro atoms. The number of hydrogen-bond donors (Lipinski definition) is 2. The minimum atomic E-state index is 0. The van der Waals surface area contributed by atoms with Crippen molar-refractivity contribution in [3.8, 4) is 0 Å². The fourth-order valence-electron chi connectivity index (χ4n) is 2.91. The fourth-order valence-corrected chi connectivity index (χ4v) is 2.91. The van der Waals surface area contributed by atoms with Crippen molar-refractivity contribution in [3.63, 3.8) is 0 Å². The molecule has 4 heteroatoms. The van der Waals surface area contributed by atoms with E-state index in [0.717, 1.165) is 11.3 Å². The Hall–Kier alpha value is -1.06. The maximum atomic E-state index is 12.1. The van der Waals surface area contributed by atoms with Crippen molar-refractivity contribution >= 4 is 24.0 Å². The Labute approximate surface area is 134 Å². The zero-order chi connectivity index (χ0) is 14.4. The molecular formula is C17H27ClN2O. The van der Waals surface area contributed by atoms with Crippen molar-refractivity contribution in [3.05, 3.63) is 29.8 Å². The van der Waals surface area contributed by atoms with Gasteiger partial charge in [0, 0.05) is 18.2 Å². The lowest BCUT2D eigenvalue weighted by atomic mass is 9.96. The first kappa shape index (κ1) is 18.0. The number of halogens is 1. The highest BCUT2D eigenvalue weighted by Gasteiger charge is 2.16. The summed E-state index contributed by atoms with van der Waals surface area (Å²) in [6.45, 7) is 1.96. The van der Waals surface area contributed by atoms with Gasteiger partial charge in [0.1, 0.15) is 0 Å². The van der Waals surface area contributed by atoms with Crippen molar-refractivity contribution in [2.24, 2.45) is 11.7 Å². The predicted molar refractivity (Wildman–Crippen MR) is 90.7 cm³/mol. The van der Waals surface area contributed by atoms with E-state index >= 15 is 0 Å². The van der Waals surface area contributed by atoms with Crippen LogP contribution in [0.2, 0.25) is 0 Å². The number of rotatable bonds is 4. The first-order valence-corrected chi connectivity index (χ1v) is 7.80. The molecular weight excluding hydrogens is 284 g/mol. The molecule has 1 aromatic carbocycles. The Bertz CT molecular complexity index is 423. The number of carbonyl (C=O) groups excluding carboxylic acids is 1. The Balaban J connectivity index is 0.00000220. The lowest BCUT2D eigenvalue weighted by molar-refractivity contribution is -0.117. The molecule has 1 atom stereocenters. The first-order valence-electron chi connectivity index (χ1n) is 7.80. The molecule has 1 aliphatic carbocycles. The molecule has 1 aromatic rings. The molecule has 1 unspecified atom stereocenters. The lowest BCUT2D eigenvalue weighted by Crippen LogP contribution is -2.16. The number of nitrogens with one attached hydrogen (secondary N) is 1. The van der Waals surface area contributed by atoms with E-state index in [1.807, 2.05) is 31.2 Å². The number of hydrogen-bond acceptors (Lipinski definition) is 2. The lowest BCUT2D eigenvalue weighted by Gasteiger charge is -2.14. The quantitative estimate of drug-likeness (QED) is 0.808. The Morgan fingerprint density at radius 2 is 1.76 bits per heavy atom. The molecule has 1 saturated carbocycles. The molecule has 21 heavy (non-hydrogen) atoms. The van der Waals surface area contributed by atoms with Crippen molar-refractivity contribution < 1.29 is 4.79 Å². The van der Waals surface area contributed by atoms with Gasteiger partial charge in [-0.05, 0) is 43.4 Å². The van der Waals surface area contributed by atoms with Gasteiger partial charge in [-0.2, -0.15) is 0 Å². The van der Waals surface area contributed by atoms with Crippen LogP contribution in [0.3, 0.4) is 0 Å². The topological polar surface area (TPSA) is 55.1 Å². The molecule has 0 saturated heterocycles. The van der Waals surface area contributed by atoms with Gasteiger partial charge < -0.3 is 11.1 Å². The molecule has 118 valence electrons. The van der Waals surface area contributed by atoms with Crippen molar-refractivity contribution in [1.82, 2.24) is 0 Å².